The highest BCUT2D eigenvalue weighted by Crippen LogP contribution is 2.35. The molecule has 0 atom stereocenters. The van der Waals surface area contributed by atoms with Crippen LogP contribution in [0.1, 0.15) is 0 Å². The van der Waals surface area contributed by atoms with Crippen LogP contribution < -0.4 is 0 Å². The number of hydrogen-bond donors (Lipinski definition) is 0. The summed E-state index contributed by atoms with van der Waals surface area (Å²) in [6.45, 7) is 0. The second-order valence-corrected chi connectivity index (χ2v) is 10.9. The molecule has 3 fully saturated rings. The smallest absolute Gasteiger partial charge is 0.226 e. The Morgan fingerprint density at radius 3 is 1.07 bits per heavy atom. The molecule has 0 aromatic carbocycles. The lowest BCUT2D eigenvalue weighted by Crippen LogP contribution is -2.56. The van der Waals surface area contributed by atoms with E-state index in [4.69, 9.17) is 0 Å². The van der Waals surface area contributed by atoms with Gasteiger partial charge in [0.1, 0.15) is 0 Å². The minimum absolute atomic E-state index is 0.323. The van der Waals surface area contributed by atoms with E-state index in [0.29, 0.717) is 0 Å². The van der Waals surface area contributed by atoms with Gasteiger partial charge in [0, 0.05) is 5.92 Å². The normalized spacial score (nSPS) is 42.0. The highest BCUT2D eigenvalue weighted by Gasteiger charge is 2.58. The average molecular weight is 260 g/mol. The van der Waals surface area contributed by atoms with Crippen molar-refractivity contribution in [2.24, 2.45) is 5.92 Å². The van der Waals surface area contributed by atoms with Crippen LogP contribution in [-0.2, 0) is 29.5 Å². The van der Waals surface area contributed by atoms with Crippen molar-refractivity contribution in [2.75, 3.05) is 17.3 Å². The van der Waals surface area contributed by atoms with Crippen LogP contribution in [0.3, 0.4) is 0 Å². The van der Waals surface area contributed by atoms with Crippen LogP contribution in [0.15, 0.2) is 0 Å². The molecule has 0 spiro atoms. The van der Waals surface area contributed by atoms with Crippen LogP contribution in [0, 0.1) is 5.92 Å². The molecule has 0 amide bonds. The van der Waals surface area contributed by atoms with E-state index in [1.54, 1.807) is 0 Å². The van der Waals surface area contributed by atoms with Crippen molar-refractivity contribution in [3.05, 3.63) is 0 Å². The zero-order chi connectivity index (χ0) is 10.8. The highest BCUT2D eigenvalue weighted by atomic mass is 32.3. The molecule has 3 rings (SSSR count). The molecule has 3 aliphatic heterocycles. The van der Waals surface area contributed by atoms with Gasteiger partial charge in [-0.3, -0.25) is 0 Å². The van der Waals surface area contributed by atoms with Crippen LogP contribution in [0.4, 0.5) is 0 Å². The highest BCUT2D eigenvalue weighted by molar-refractivity contribution is 8.25. The molecule has 3 heterocycles. The van der Waals surface area contributed by atoms with Crippen molar-refractivity contribution in [3.8, 4) is 0 Å². The van der Waals surface area contributed by atoms with Gasteiger partial charge in [-0.25, -0.2) is 25.3 Å². The monoisotopic (exact) mass is 260 g/mol. The van der Waals surface area contributed by atoms with Gasteiger partial charge < -0.3 is 0 Å². The van der Waals surface area contributed by atoms with Crippen molar-refractivity contribution in [2.45, 2.75) is 3.91 Å². The Morgan fingerprint density at radius 1 is 0.643 bits per heavy atom. The Kier molecular flexibility index (Phi) is 1.85. The Morgan fingerprint density at radius 2 is 0.929 bits per heavy atom. The summed E-state index contributed by atoms with van der Waals surface area (Å²) in [4.78, 5) is 0. The van der Waals surface area contributed by atoms with E-state index in [9.17, 15) is 25.3 Å². The molecule has 6 nitrogen and oxygen atoms in total. The summed E-state index contributed by atoms with van der Waals surface area (Å²) < 4.78 is 65.7. The second-order valence-electron chi connectivity index (χ2n) is 3.64. The van der Waals surface area contributed by atoms with E-state index in [-0.39, 0.29) is 17.3 Å². The van der Waals surface area contributed by atoms with Gasteiger partial charge in [0.2, 0.25) is 0 Å². The quantitative estimate of drug-likeness (QED) is 0.507. The molecule has 14 heavy (non-hydrogen) atoms. The number of fused-ring (bicyclic) bond motifs is 3. The Hall–Kier alpha value is -0.150. The van der Waals surface area contributed by atoms with Crippen molar-refractivity contribution >= 4 is 29.5 Å². The largest absolute Gasteiger partial charge is 0.262 e. The van der Waals surface area contributed by atoms with Crippen LogP contribution in [0.2, 0.25) is 0 Å². The molecule has 2 bridgehead atoms. The third kappa shape index (κ3) is 1.29. The molecular formula is C5H8O6S3. The molecule has 3 aliphatic rings. The topological polar surface area (TPSA) is 102 Å². The first-order valence-electron chi connectivity index (χ1n) is 3.80. The summed E-state index contributed by atoms with van der Waals surface area (Å²) in [5.41, 5.74) is 0. The molecule has 82 valence electrons. The lowest BCUT2D eigenvalue weighted by molar-refractivity contribution is 0.529. The summed E-state index contributed by atoms with van der Waals surface area (Å²) in [7, 11) is -12.0. The van der Waals surface area contributed by atoms with E-state index in [2.05, 4.69) is 0 Å². The molecule has 0 saturated carbocycles. The first kappa shape index (κ1) is 10.4. The Balaban J connectivity index is 2.79. The molecule has 3 saturated heterocycles. The Labute approximate surface area is 82.1 Å². The molecule has 0 aromatic rings. The van der Waals surface area contributed by atoms with Gasteiger partial charge in [0.15, 0.2) is 29.5 Å². The van der Waals surface area contributed by atoms with Crippen LogP contribution in [0.5, 0.6) is 0 Å². The van der Waals surface area contributed by atoms with Crippen molar-refractivity contribution in [1.82, 2.24) is 0 Å². The number of rotatable bonds is 0. The lowest BCUT2D eigenvalue weighted by atomic mass is 10.3. The molecule has 0 aliphatic carbocycles. The van der Waals surface area contributed by atoms with E-state index in [0.717, 1.165) is 0 Å². The molecule has 0 radical (unpaired) electrons. The van der Waals surface area contributed by atoms with Gasteiger partial charge >= 0.3 is 0 Å². The molecule has 0 N–H and O–H groups in total. The van der Waals surface area contributed by atoms with Crippen LogP contribution >= 0.6 is 0 Å². The van der Waals surface area contributed by atoms with Crippen LogP contribution in [-0.4, -0.2) is 46.4 Å². The first-order valence-corrected chi connectivity index (χ1v) is 8.94. The van der Waals surface area contributed by atoms with E-state index >= 15 is 0 Å². The fourth-order valence-corrected chi connectivity index (χ4v) is 12.4. The van der Waals surface area contributed by atoms with Gasteiger partial charge in [-0.05, 0) is 0 Å². The number of hydrogen-bond acceptors (Lipinski definition) is 6. The van der Waals surface area contributed by atoms with Crippen molar-refractivity contribution in [1.29, 1.82) is 0 Å². The summed E-state index contributed by atoms with van der Waals surface area (Å²) in [6, 6.07) is 0. The van der Waals surface area contributed by atoms with Crippen molar-refractivity contribution in [3.63, 3.8) is 0 Å². The molecular weight excluding hydrogens is 252 g/mol. The van der Waals surface area contributed by atoms with Gasteiger partial charge in [-0.15, -0.1) is 0 Å². The van der Waals surface area contributed by atoms with Crippen molar-refractivity contribution < 1.29 is 25.3 Å². The third-order valence-corrected chi connectivity index (χ3v) is 12.1. The standard InChI is InChI=1S/C5H8O6S3/c6-12(7)1-4-2-13(8,9)5(12)14(10,11)3-4/h4-5H,1-3H2. The number of sulfone groups is 3. The zero-order valence-electron chi connectivity index (χ0n) is 6.95. The fourth-order valence-electron chi connectivity index (χ4n) is 2.04. The summed E-state index contributed by atoms with van der Waals surface area (Å²) >= 11 is 0. The van der Waals surface area contributed by atoms with Gasteiger partial charge in [-0.2, -0.15) is 0 Å². The van der Waals surface area contributed by atoms with E-state index in [1.165, 1.54) is 0 Å². The van der Waals surface area contributed by atoms with Crippen LogP contribution in [0.25, 0.3) is 0 Å². The average Bonchev–Trinajstić information content (AvgIpc) is 1.71. The molecule has 9 heteroatoms. The maximum atomic E-state index is 11.3. The fraction of sp³-hybridized carbons (Fsp3) is 1.00. The minimum atomic E-state index is -4.02. The maximum absolute atomic E-state index is 11.3. The van der Waals surface area contributed by atoms with Gasteiger partial charge in [0.25, 0.3) is 3.91 Å². The zero-order valence-corrected chi connectivity index (χ0v) is 9.40. The minimum Gasteiger partial charge on any atom is -0.226 e. The van der Waals surface area contributed by atoms with E-state index < -0.39 is 39.3 Å². The molecule has 0 unspecified atom stereocenters. The Bertz CT molecular complexity index is 479. The maximum Gasteiger partial charge on any atom is 0.262 e. The predicted octanol–water partition coefficient (Wildman–Crippen LogP) is -1.84. The third-order valence-electron chi connectivity index (χ3n) is 2.28. The molecule has 0 aromatic heterocycles. The summed E-state index contributed by atoms with van der Waals surface area (Å²) in [5.74, 6) is -1.75. The van der Waals surface area contributed by atoms with E-state index in [1.807, 2.05) is 0 Å². The van der Waals surface area contributed by atoms with Gasteiger partial charge in [0.05, 0.1) is 17.3 Å². The summed E-state index contributed by atoms with van der Waals surface area (Å²) in [6.07, 6.45) is 0. The lowest BCUT2D eigenvalue weighted by Gasteiger charge is -2.34. The first-order chi connectivity index (χ1) is 6.15. The SMILES string of the molecule is O=S1(=O)CC2CS(=O)(=O)C1S(=O)(=O)C2. The second kappa shape index (κ2) is 2.50. The summed E-state index contributed by atoms with van der Waals surface area (Å²) in [5, 5.41) is 0. The van der Waals surface area contributed by atoms with Gasteiger partial charge in [-0.1, -0.05) is 0 Å². The predicted molar refractivity (Wildman–Crippen MR) is 48.6 cm³/mol.